The van der Waals surface area contributed by atoms with Crippen LogP contribution >= 0.6 is 0 Å². The summed E-state index contributed by atoms with van der Waals surface area (Å²) in [7, 11) is -3.21. The standard InChI is InChI=1S/C10H16N2O2S/c1-3-8-5-6-9(7-10(8)11)12-15(13,14)4-2/h5-7,12H,3-4,11H2,1-2H3. The van der Waals surface area contributed by atoms with E-state index in [0.717, 1.165) is 12.0 Å². The highest BCUT2D eigenvalue weighted by atomic mass is 32.2. The maximum absolute atomic E-state index is 11.3. The number of hydrogen-bond donors (Lipinski definition) is 2. The number of benzene rings is 1. The molecule has 0 saturated heterocycles. The first-order valence-electron chi connectivity index (χ1n) is 4.87. The zero-order valence-electron chi connectivity index (χ0n) is 8.95. The molecule has 0 heterocycles. The van der Waals surface area contributed by atoms with Gasteiger partial charge in [-0.1, -0.05) is 13.0 Å². The van der Waals surface area contributed by atoms with Gasteiger partial charge in [-0.15, -0.1) is 0 Å². The normalized spacial score (nSPS) is 11.3. The first kappa shape index (κ1) is 11.8. The number of nitrogen functional groups attached to an aromatic ring is 1. The first-order valence-corrected chi connectivity index (χ1v) is 6.52. The van der Waals surface area contributed by atoms with Crippen LogP contribution in [0.5, 0.6) is 0 Å². The van der Waals surface area contributed by atoms with Crippen molar-refractivity contribution in [3.63, 3.8) is 0 Å². The summed E-state index contributed by atoms with van der Waals surface area (Å²) >= 11 is 0. The van der Waals surface area contributed by atoms with Crippen LogP contribution in [0.2, 0.25) is 0 Å². The fraction of sp³-hybridized carbons (Fsp3) is 0.400. The maximum Gasteiger partial charge on any atom is 0.232 e. The highest BCUT2D eigenvalue weighted by Crippen LogP contribution is 2.19. The Morgan fingerprint density at radius 2 is 2.00 bits per heavy atom. The van der Waals surface area contributed by atoms with Gasteiger partial charge in [0.15, 0.2) is 0 Å². The molecule has 0 aliphatic carbocycles. The summed E-state index contributed by atoms with van der Waals surface area (Å²) in [4.78, 5) is 0. The van der Waals surface area contributed by atoms with Crippen molar-refractivity contribution in [2.45, 2.75) is 20.3 Å². The lowest BCUT2D eigenvalue weighted by atomic mass is 10.1. The number of aryl methyl sites for hydroxylation is 1. The van der Waals surface area contributed by atoms with E-state index in [1.165, 1.54) is 0 Å². The maximum atomic E-state index is 11.3. The molecule has 1 aromatic carbocycles. The molecule has 5 heteroatoms. The lowest BCUT2D eigenvalue weighted by Crippen LogP contribution is -2.14. The summed E-state index contributed by atoms with van der Waals surface area (Å²) in [5, 5.41) is 0. The quantitative estimate of drug-likeness (QED) is 0.769. The van der Waals surface area contributed by atoms with Crippen molar-refractivity contribution in [3.8, 4) is 0 Å². The monoisotopic (exact) mass is 228 g/mol. The van der Waals surface area contributed by atoms with Gasteiger partial charge in [-0.2, -0.15) is 0 Å². The minimum atomic E-state index is -3.21. The average molecular weight is 228 g/mol. The minimum Gasteiger partial charge on any atom is -0.398 e. The molecule has 0 unspecified atom stereocenters. The second-order valence-electron chi connectivity index (χ2n) is 3.27. The molecule has 1 aromatic rings. The van der Waals surface area contributed by atoms with Crippen LogP contribution in [0.25, 0.3) is 0 Å². The highest BCUT2D eigenvalue weighted by molar-refractivity contribution is 7.92. The number of rotatable bonds is 4. The van der Waals surface area contributed by atoms with E-state index >= 15 is 0 Å². The Kier molecular flexibility index (Phi) is 3.57. The third-order valence-corrected chi connectivity index (χ3v) is 3.49. The Hall–Kier alpha value is -1.23. The smallest absolute Gasteiger partial charge is 0.232 e. The van der Waals surface area contributed by atoms with Crippen molar-refractivity contribution in [2.75, 3.05) is 16.2 Å². The van der Waals surface area contributed by atoms with E-state index in [-0.39, 0.29) is 5.75 Å². The van der Waals surface area contributed by atoms with Crippen LogP contribution in [0.15, 0.2) is 18.2 Å². The molecule has 0 aromatic heterocycles. The topological polar surface area (TPSA) is 72.2 Å². The van der Waals surface area contributed by atoms with Crippen LogP contribution in [0.4, 0.5) is 11.4 Å². The Labute approximate surface area is 90.5 Å². The number of nitrogens with one attached hydrogen (secondary N) is 1. The van der Waals surface area contributed by atoms with E-state index in [2.05, 4.69) is 4.72 Å². The lowest BCUT2D eigenvalue weighted by molar-refractivity contribution is 0.602. The van der Waals surface area contributed by atoms with Gasteiger partial charge in [0.25, 0.3) is 0 Å². The third-order valence-electron chi connectivity index (χ3n) is 2.18. The van der Waals surface area contributed by atoms with Crippen LogP contribution in [0.3, 0.4) is 0 Å². The summed E-state index contributed by atoms with van der Waals surface area (Å²) in [6, 6.07) is 5.21. The van der Waals surface area contributed by atoms with Crippen LogP contribution in [0, 0.1) is 0 Å². The second-order valence-corrected chi connectivity index (χ2v) is 5.28. The van der Waals surface area contributed by atoms with Gasteiger partial charge < -0.3 is 5.73 Å². The molecule has 3 N–H and O–H groups in total. The molecule has 0 aliphatic rings. The van der Waals surface area contributed by atoms with E-state index in [1.54, 1.807) is 19.1 Å². The molecule has 0 fully saturated rings. The zero-order valence-corrected chi connectivity index (χ0v) is 9.76. The molecule has 0 aliphatic heterocycles. The van der Waals surface area contributed by atoms with E-state index in [4.69, 9.17) is 5.73 Å². The van der Waals surface area contributed by atoms with Gasteiger partial charge in [0.2, 0.25) is 10.0 Å². The van der Waals surface area contributed by atoms with Crippen LogP contribution in [0.1, 0.15) is 19.4 Å². The molecule has 1 rings (SSSR count). The van der Waals surface area contributed by atoms with E-state index in [9.17, 15) is 8.42 Å². The number of hydrogen-bond acceptors (Lipinski definition) is 3. The summed E-state index contributed by atoms with van der Waals surface area (Å²) in [5.41, 5.74) is 7.92. The third kappa shape index (κ3) is 3.13. The van der Waals surface area contributed by atoms with Crippen molar-refractivity contribution < 1.29 is 8.42 Å². The molecule has 0 spiro atoms. The first-order chi connectivity index (χ1) is 6.98. The Morgan fingerprint density at radius 3 is 2.47 bits per heavy atom. The van der Waals surface area contributed by atoms with Crippen molar-refractivity contribution in [1.29, 1.82) is 0 Å². The molecular weight excluding hydrogens is 212 g/mol. The number of nitrogens with two attached hydrogens (primary N) is 1. The van der Waals surface area contributed by atoms with Crippen LogP contribution in [-0.2, 0) is 16.4 Å². The predicted molar refractivity (Wildman–Crippen MR) is 63.3 cm³/mol. The van der Waals surface area contributed by atoms with Gasteiger partial charge in [0, 0.05) is 5.69 Å². The summed E-state index contributed by atoms with van der Waals surface area (Å²) < 4.78 is 25.0. The van der Waals surface area contributed by atoms with Gasteiger partial charge in [-0.05, 0) is 31.0 Å². The molecule has 84 valence electrons. The molecule has 4 nitrogen and oxygen atoms in total. The van der Waals surface area contributed by atoms with Crippen molar-refractivity contribution in [2.24, 2.45) is 0 Å². The van der Waals surface area contributed by atoms with E-state index < -0.39 is 10.0 Å². The van der Waals surface area contributed by atoms with Gasteiger partial charge in [-0.3, -0.25) is 4.72 Å². The largest absolute Gasteiger partial charge is 0.398 e. The Balaban J connectivity index is 2.94. The van der Waals surface area contributed by atoms with Crippen molar-refractivity contribution in [3.05, 3.63) is 23.8 Å². The fourth-order valence-electron chi connectivity index (χ4n) is 1.23. The van der Waals surface area contributed by atoms with Crippen LogP contribution in [-0.4, -0.2) is 14.2 Å². The number of sulfonamides is 1. The van der Waals surface area contributed by atoms with Gasteiger partial charge in [-0.25, -0.2) is 8.42 Å². The SMILES string of the molecule is CCc1ccc(NS(=O)(=O)CC)cc1N. The molecule has 0 bridgehead atoms. The molecule has 0 atom stereocenters. The number of anilines is 2. The van der Waals surface area contributed by atoms with Crippen molar-refractivity contribution in [1.82, 2.24) is 0 Å². The lowest BCUT2D eigenvalue weighted by Gasteiger charge is -2.08. The van der Waals surface area contributed by atoms with Gasteiger partial charge >= 0.3 is 0 Å². The van der Waals surface area contributed by atoms with Gasteiger partial charge in [0.1, 0.15) is 0 Å². The summed E-state index contributed by atoms with van der Waals surface area (Å²) in [6.07, 6.45) is 0.840. The van der Waals surface area contributed by atoms with Gasteiger partial charge in [0.05, 0.1) is 11.4 Å². The summed E-state index contributed by atoms with van der Waals surface area (Å²) in [5.74, 6) is 0.0580. The highest BCUT2D eigenvalue weighted by Gasteiger charge is 2.07. The molecular formula is C10H16N2O2S. The van der Waals surface area contributed by atoms with E-state index in [1.807, 2.05) is 13.0 Å². The average Bonchev–Trinajstić information content (AvgIpc) is 2.17. The Bertz CT molecular complexity index is 441. The molecule has 0 saturated carbocycles. The second kappa shape index (κ2) is 4.53. The summed E-state index contributed by atoms with van der Waals surface area (Å²) in [6.45, 7) is 3.59. The van der Waals surface area contributed by atoms with E-state index in [0.29, 0.717) is 11.4 Å². The molecule has 0 amide bonds. The molecule has 15 heavy (non-hydrogen) atoms. The minimum absolute atomic E-state index is 0.0580. The fourth-order valence-corrected chi connectivity index (χ4v) is 1.86. The predicted octanol–water partition coefficient (Wildman–Crippen LogP) is 1.59. The zero-order chi connectivity index (χ0) is 11.5. The Morgan fingerprint density at radius 1 is 1.33 bits per heavy atom. The molecule has 0 radical (unpaired) electrons. The van der Waals surface area contributed by atoms with Crippen LogP contribution < -0.4 is 10.5 Å². The van der Waals surface area contributed by atoms with Crippen molar-refractivity contribution >= 4 is 21.4 Å².